The molecule has 0 heterocycles. The molecule has 0 amide bonds. The van der Waals surface area contributed by atoms with Crippen LogP contribution in [0.5, 0.6) is 0 Å². The van der Waals surface area contributed by atoms with Crippen molar-refractivity contribution in [1.29, 1.82) is 0 Å². The SMILES string of the molecule is COCCCN(CCO)Cc1ccc(Cl)c(Cl)c1. The van der Waals surface area contributed by atoms with Gasteiger partial charge in [0.1, 0.15) is 0 Å². The molecule has 0 aromatic heterocycles. The van der Waals surface area contributed by atoms with Crippen molar-refractivity contribution in [1.82, 2.24) is 4.90 Å². The van der Waals surface area contributed by atoms with Crippen molar-refractivity contribution >= 4 is 23.2 Å². The number of aliphatic hydroxyl groups is 1. The van der Waals surface area contributed by atoms with Crippen molar-refractivity contribution in [3.63, 3.8) is 0 Å². The summed E-state index contributed by atoms with van der Waals surface area (Å²) in [5.74, 6) is 0. The zero-order valence-electron chi connectivity index (χ0n) is 10.5. The molecule has 5 heteroatoms. The van der Waals surface area contributed by atoms with E-state index in [1.54, 1.807) is 13.2 Å². The molecule has 0 atom stereocenters. The second-order valence-corrected chi connectivity index (χ2v) is 4.91. The molecule has 0 spiro atoms. The maximum Gasteiger partial charge on any atom is 0.0595 e. The van der Waals surface area contributed by atoms with Crippen molar-refractivity contribution < 1.29 is 9.84 Å². The van der Waals surface area contributed by atoms with Gasteiger partial charge in [-0.05, 0) is 24.1 Å². The van der Waals surface area contributed by atoms with Gasteiger partial charge in [-0.2, -0.15) is 0 Å². The number of ether oxygens (including phenoxy) is 1. The predicted octanol–water partition coefficient (Wildman–Crippen LogP) is 2.82. The number of methoxy groups -OCH3 is 1. The molecule has 0 aliphatic rings. The van der Waals surface area contributed by atoms with Crippen LogP contribution >= 0.6 is 23.2 Å². The molecule has 18 heavy (non-hydrogen) atoms. The predicted molar refractivity (Wildman–Crippen MR) is 75.3 cm³/mol. The summed E-state index contributed by atoms with van der Waals surface area (Å²) in [5.41, 5.74) is 1.09. The third-order valence-corrected chi connectivity index (χ3v) is 3.37. The van der Waals surface area contributed by atoms with Gasteiger partial charge >= 0.3 is 0 Å². The summed E-state index contributed by atoms with van der Waals surface area (Å²) in [7, 11) is 1.69. The molecule has 102 valence electrons. The van der Waals surface area contributed by atoms with Crippen molar-refractivity contribution in [3.05, 3.63) is 33.8 Å². The fourth-order valence-electron chi connectivity index (χ4n) is 1.74. The van der Waals surface area contributed by atoms with Gasteiger partial charge in [0, 0.05) is 33.4 Å². The zero-order chi connectivity index (χ0) is 13.4. The Kier molecular flexibility index (Phi) is 7.63. The van der Waals surface area contributed by atoms with Gasteiger partial charge in [0.2, 0.25) is 0 Å². The quantitative estimate of drug-likeness (QED) is 0.748. The van der Waals surface area contributed by atoms with Crippen LogP contribution < -0.4 is 0 Å². The van der Waals surface area contributed by atoms with Gasteiger partial charge in [-0.3, -0.25) is 4.90 Å². The summed E-state index contributed by atoms with van der Waals surface area (Å²) in [6, 6.07) is 5.62. The minimum Gasteiger partial charge on any atom is -0.395 e. The average Bonchev–Trinajstić information content (AvgIpc) is 2.34. The third-order valence-electron chi connectivity index (χ3n) is 2.63. The first-order valence-corrected chi connectivity index (χ1v) is 6.69. The number of nitrogens with zero attached hydrogens (tertiary/aromatic N) is 1. The lowest BCUT2D eigenvalue weighted by Crippen LogP contribution is -2.28. The molecule has 0 aliphatic heterocycles. The van der Waals surface area contributed by atoms with E-state index in [1.807, 2.05) is 12.1 Å². The molecule has 1 N–H and O–H groups in total. The van der Waals surface area contributed by atoms with E-state index in [2.05, 4.69) is 4.90 Å². The summed E-state index contributed by atoms with van der Waals surface area (Å²) in [6.45, 7) is 3.15. The normalized spacial score (nSPS) is 11.2. The van der Waals surface area contributed by atoms with Crippen LogP contribution in [-0.4, -0.2) is 43.4 Å². The Labute approximate surface area is 118 Å². The van der Waals surface area contributed by atoms with E-state index in [4.69, 9.17) is 33.0 Å². The Bertz CT molecular complexity index is 361. The van der Waals surface area contributed by atoms with E-state index in [0.717, 1.165) is 31.7 Å². The van der Waals surface area contributed by atoms with E-state index < -0.39 is 0 Å². The number of benzene rings is 1. The van der Waals surface area contributed by atoms with Gasteiger partial charge < -0.3 is 9.84 Å². The second kappa shape index (κ2) is 8.73. The van der Waals surface area contributed by atoms with Crippen LogP contribution in [0.15, 0.2) is 18.2 Å². The second-order valence-electron chi connectivity index (χ2n) is 4.09. The van der Waals surface area contributed by atoms with Gasteiger partial charge in [-0.25, -0.2) is 0 Å². The fraction of sp³-hybridized carbons (Fsp3) is 0.538. The summed E-state index contributed by atoms with van der Waals surface area (Å²) in [4.78, 5) is 2.17. The highest BCUT2D eigenvalue weighted by molar-refractivity contribution is 6.42. The van der Waals surface area contributed by atoms with E-state index in [1.165, 1.54) is 0 Å². The fourth-order valence-corrected chi connectivity index (χ4v) is 2.06. The molecule has 1 aromatic rings. The average molecular weight is 292 g/mol. The molecular formula is C13H19Cl2NO2. The number of aliphatic hydroxyl groups excluding tert-OH is 1. The molecule has 0 saturated heterocycles. The first-order valence-electron chi connectivity index (χ1n) is 5.93. The van der Waals surface area contributed by atoms with E-state index in [9.17, 15) is 0 Å². The van der Waals surface area contributed by atoms with Crippen molar-refractivity contribution in [2.45, 2.75) is 13.0 Å². The first kappa shape index (κ1) is 15.7. The van der Waals surface area contributed by atoms with Crippen LogP contribution in [0.25, 0.3) is 0 Å². The highest BCUT2D eigenvalue weighted by Gasteiger charge is 2.07. The number of halogens is 2. The summed E-state index contributed by atoms with van der Waals surface area (Å²) in [5, 5.41) is 10.2. The van der Waals surface area contributed by atoms with Crippen molar-refractivity contribution in [3.8, 4) is 0 Å². The standard InChI is InChI=1S/C13H19Cl2NO2/c1-18-8-2-5-16(6-7-17)10-11-3-4-12(14)13(15)9-11/h3-4,9,17H,2,5-8,10H2,1H3. The third kappa shape index (κ3) is 5.55. The van der Waals surface area contributed by atoms with Crippen LogP contribution in [0.2, 0.25) is 10.0 Å². The maximum atomic E-state index is 9.05. The summed E-state index contributed by atoms with van der Waals surface area (Å²) >= 11 is 11.9. The number of rotatable bonds is 8. The lowest BCUT2D eigenvalue weighted by atomic mass is 10.2. The van der Waals surface area contributed by atoms with Gasteiger partial charge in [0.25, 0.3) is 0 Å². The molecular weight excluding hydrogens is 273 g/mol. The smallest absolute Gasteiger partial charge is 0.0595 e. The molecule has 0 fully saturated rings. The first-order chi connectivity index (χ1) is 8.67. The molecule has 0 radical (unpaired) electrons. The van der Waals surface area contributed by atoms with E-state index in [0.29, 0.717) is 16.6 Å². The summed E-state index contributed by atoms with van der Waals surface area (Å²) in [6.07, 6.45) is 0.942. The molecule has 0 bridgehead atoms. The van der Waals surface area contributed by atoms with E-state index in [-0.39, 0.29) is 6.61 Å². The summed E-state index contributed by atoms with van der Waals surface area (Å²) < 4.78 is 5.03. The molecule has 1 rings (SSSR count). The lowest BCUT2D eigenvalue weighted by molar-refractivity contribution is 0.152. The van der Waals surface area contributed by atoms with Crippen LogP contribution in [-0.2, 0) is 11.3 Å². The Morgan fingerprint density at radius 3 is 2.61 bits per heavy atom. The Balaban J connectivity index is 2.55. The monoisotopic (exact) mass is 291 g/mol. The van der Waals surface area contributed by atoms with Crippen LogP contribution in [0.1, 0.15) is 12.0 Å². The number of hydrogen-bond acceptors (Lipinski definition) is 3. The van der Waals surface area contributed by atoms with Gasteiger partial charge in [0.05, 0.1) is 16.7 Å². The minimum absolute atomic E-state index is 0.147. The van der Waals surface area contributed by atoms with Gasteiger partial charge in [-0.1, -0.05) is 29.3 Å². The molecule has 3 nitrogen and oxygen atoms in total. The van der Waals surface area contributed by atoms with Gasteiger partial charge in [0.15, 0.2) is 0 Å². The Hall–Kier alpha value is -0.320. The van der Waals surface area contributed by atoms with Crippen LogP contribution in [0.3, 0.4) is 0 Å². The van der Waals surface area contributed by atoms with Crippen molar-refractivity contribution in [2.24, 2.45) is 0 Å². The minimum atomic E-state index is 0.147. The lowest BCUT2D eigenvalue weighted by Gasteiger charge is -2.21. The largest absolute Gasteiger partial charge is 0.395 e. The van der Waals surface area contributed by atoms with Gasteiger partial charge in [-0.15, -0.1) is 0 Å². The Morgan fingerprint density at radius 2 is 2.00 bits per heavy atom. The Morgan fingerprint density at radius 1 is 1.22 bits per heavy atom. The maximum absolute atomic E-state index is 9.05. The molecule has 1 aromatic carbocycles. The van der Waals surface area contributed by atoms with Crippen LogP contribution in [0, 0.1) is 0 Å². The molecule has 0 unspecified atom stereocenters. The molecule has 0 saturated carbocycles. The van der Waals surface area contributed by atoms with Crippen molar-refractivity contribution in [2.75, 3.05) is 33.4 Å². The number of hydrogen-bond donors (Lipinski definition) is 1. The van der Waals surface area contributed by atoms with E-state index >= 15 is 0 Å². The highest BCUT2D eigenvalue weighted by atomic mass is 35.5. The zero-order valence-corrected chi connectivity index (χ0v) is 12.0. The van der Waals surface area contributed by atoms with Crippen LogP contribution in [0.4, 0.5) is 0 Å². The topological polar surface area (TPSA) is 32.7 Å². The molecule has 0 aliphatic carbocycles. The highest BCUT2D eigenvalue weighted by Crippen LogP contribution is 2.23.